The minimum Gasteiger partial charge on any atom is -0.448 e. The van der Waals surface area contributed by atoms with Crippen LogP contribution in [0.5, 0.6) is 0 Å². The average Bonchev–Trinajstić information content (AvgIpc) is 3.06. The second-order valence-corrected chi connectivity index (χ2v) is 7.10. The third-order valence-corrected chi connectivity index (χ3v) is 5.21. The fraction of sp³-hybridized carbons (Fsp3) is 0.160. The number of amides is 1. The summed E-state index contributed by atoms with van der Waals surface area (Å²) in [5.74, 6) is -0.320. The minimum atomic E-state index is -0.434. The van der Waals surface area contributed by atoms with Crippen LogP contribution in [0.3, 0.4) is 0 Å². The summed E-state index contributed by atoms with van der Waals surface area (Å²) in [7, 11) is 0. The van der Waals surface area contributed by atoms with E-state index in [9.17, 15) is 9.18 Å². The van der Waals surface area contributed by atoms with E-state index in [4.69, 9.17) is 4.74 Å². The number of hydrogen-bond donors (Lipinski definition) is 0. The maximum Gasteiger partial charge on any atom is 0.410 e. The largest absolute Gasteiger partial charge is 0.448 e. The van der Waals surface area contributed by atoms with Crippen molar-refractivity contribution in [1.29, 1.82) is 0 Å². The zero-order valence-electron chi connectivity index (χ0n) is 16.1. The van der Waals surface area contributed by atoms with E-state index in [1.807, 2.05) is 24.3 Å². The molecular formula is C25H22FNO2. The standard InChI is InChI=1S/C25H22FNO2/c1-2-14-27(16-18-8-7-9-19(26)15-18)25(28)29-17-24-22-12-5-3-10-20(22)21-11-4-6-13-23(21)24/h2-13,15,24H,1,14,16-17H2. The van der Waals surface area contributed by atoms with Gasteiger partial charge in [-0.2, -0.15) is 0 Å². The molecule has 0 spiro atoms. The fourth-order valence-electron chi connectivity index (χ4n) is 3.90. The molecule has 0 aliphatic heterocycles. The fourth-order valence-corrected chi connectivity index (χ4v) is 3.90. The predicted molar refractivity (Wildman–Crippen MR) is 112 cm³/mol. The second kappa shape index (κ2) is 8.31. The highest BCUT2D eigenvalue weighted by Crippen LogP contribution is 2.44. The Bertz CT molecular complexity index is 1000. The highest BCUT2D eigenvalue weighted by molar-refractivity contribution is 5.79. The molecule has 0 N–H and O–H groups in total. The molecule has 4 rings (SSSR count). The Kier molecular flexibility index (Phi) is 5.43. The maximum atomic E-state index is 13.5. The molecule has 1 aliphatic carbocycles. The average molecular weight is 387 g/mol. The van der Waals surface area contributed by atoms with Gasteiger partial charge in [0, 0.05) is 19.0 Å². The van der Waals surface area contributed by atoms with Gasteiger partial charge < -0.3 is 9.64 Å². The van der Waals surface area contributed by atoms with E-state index in [0.717, 1.165) is 0 Å². The van der Waals surface area contributed by atoms with Crippen LogP contribution in [-0.4, -0.2) is 24.1 Å². The van der Waals surface area contributed by atoms with Gasteiger partial charge in [-0.1, -0.05) is 66.7 Å². The summed E-state index contributed by atoms with van der Waals surface area (Å²) in [6, 6.07) is 22.7. The van der Waals surface area contributed by atoms with Crippen LogP contribution in [0, 0.1) is 5.82 Å². The molecule has 1 aliphatic rings. The Balaban J connectivity index is 1.50. The van der Waals surface area contributed by atoms with Gasteiger partial charge in [0.15, 0.2) is 0 Å². The monoisotopic (exact) mass is 387 g/mol. The lowest BCUT2D eigenvalue weighted by atomic mass is 9.98. The molecule has 0 unspecified atom stereocenters. The molecule has 0 bridgehead atoms. The Morgan fingerprint density at radius 2 is 1.66 bits per heavy atom. The van der Waals surface area contributed by atoms with Crippen LogP contribution in [-0.2, 0) is 11.3 Å². The first-order chi connectivity index (χ1) is 14.2. The second-order valence-electron chi connectivity index (χ2n) is 7.10. The Hall–Kier alpha value is -3.40. The smallest absolute Gasteiger partial charge is 0.410 e. The first-order valence-corrected chi connectivity index (χ1v) is 9.62. The first-order valence-electron chi connectivity index (χ1n) is 9.62. The molecule has 0 saturated heterocycles. The summed E-state index contributed by atoms with van der Waals surface area (Å²) in [5.41, 5.74) is 5.42. The summed E-state index contributed by atoms with van der Waals surface area (Å²) in [5, 5.41) is 0. The van der Waals surface area contributed by atoms with E-state index >= 15 is 0 Å². The van der Waals surface area contributed by atoms with Gasteiger partial charge in [0.25, 0.3) is 0 Å². The van der Waals surface area contributed by atoms with Crippen LogP contribution in [0.25, 0.3) is 11.1 Å². The summed E-state index contributed by atoms with van der Waals surface area (Å²) >= 11 is 0. The van der Waals surface area contributed by atoms with Gasteiger partial charge in [-0.3, -0.25) is 0 Å². The van der Waals surface area contributed by atoms with Crippen molar-refractivity contribution >= 4 is 6.09 Å². The van der Waals surface area contributed by atoms with Crippen molar-refractivity contribution in [2.45, 2.75) is 12.5 Å². The number of rotatable bonds is 6. The number of carbonyl (C=O) groups excluding carboxylic acids is 1. The number of carbonyl (C=O) groups is 1. The van der Waals surface area contributed by atoms with Gasteiger partial charge in [0.05, 0.1) is 0 Å². The summed E-state index contributed by atoms with van der Waals surface area (Å²) in [6.07, 6.45) is 1.21. The van der Waals surface area contributed by atoms with Crippen LogP contribution in [0.15, 0.2) is 85.5 Å². The van der Waals surface area contributed by atoms with Crippen LogP contribution in [0.4, 0.5) is 9.18 Å². The van der Waals surface area contributed by atoms with Gasteiger partial charge in [0.1, 0.15) is 12.4 Å². The molecular weight excluding hydrogens is 365 g/mol. The van der Waals surface area contributed by atoms with Crippen molar-refractivity contribution in [3.8, 4) is 11.1 Å². The highest BCUT2D eigenvalue weighted by atomic mass is 19.1. The van der Waals surface area contributed by atoms with Crippen LogP contribution in [0.2, 0.25) is 0 Å². The van der Waals surface area contributed by atoms with Crippen molar-refractivity contribution < 1.29 is 13.9 Å². The van der Waals surface area contributed by atoms with E-state index in [-0.39, 0.29) is 24.9 Å². The van der Waals surface area contributed by atoms with Crippen molar-refractivity contribution in [3.63, 3.8) is 0 Å². The van der Waals surface area contributed by atoms with Crippen LogP contribution < -0.4 is 0 Å². The number of halogens is 1. The van der Waals surface area contributed by atoms with Gasteiger partial charge >= 0.3 is 6.09 Å². The Morgan fingerprint density at radius 3 is 2.28 bits per heavy atom. The number of hydrogen-bond acceptors (Lipinski definition) is 2. The molecule has 0 radical (unpaired) electrons. The summed E-state index contributed by atoms with van der Waals surface area (Å²) in [4.78, 5) is 14.3. The molecule has 0 fully saturated rings. The van der Waals surface area contributed by atoms with E-state index in [2.05, 4.69) is 30.8 Å². The predicted octanol–water partition coefficient (Wildman–Crippen LogP) is 5.76. The molecule has 1 amide bonds. The molecule has 3 nitrogen and oxygen atoms in total. The number of fused-ring (bicyclic) bond motifs is 3. The molecule has 0 saturated carbocycles. The van der Waals surface area contributed by atoms with E-state index < -0.39 is 6.09 Å². The zero-order valence-corrected chi connectivity index (χ0v) is 16.1. The van der Waals surface area contributed by atoms with Gasteiger partial charge in [-0.25, -0.2) is 9.18 Å². The van der Waals surface area contributed by atoms with E-state index in [1.165, 1.54) is 39.3 Å². The maximum absolute atomic E-state index is 13.5. The quantitative estimate of drug-likeness (QED) is 0.503. The Morgan fingerprint density at radius 1 is 1.00 bits per heavy atom. The van der Waals surface area contributed by atoms with Crippen LogP contribution in [0.1, 0.15) is 22.6 Å². The number of benzene rings is 3. The molecule has 29 heavy (non-hydrogen) atoms. The molecule has 0 atom stereocenters. The number of ether oxygens (including phenoxy) is 1. The third-order valence-electron chi connectivity index (χ3n) is 5.21. The SMILES string of the molecule is C=CCN(Cc1cccc(F)c1)C(=O)OCC1c2ccccc2-c2ccccc21. The molecule has 0 heterocycles. The van der Waals surface area contributed by atoms with Crippen molar-refractivity contribution in [2.24, 2.45) is 0 Å². The lowest BCUT2D eigenvalue weighted by Crippen LogP contribution is -2.32. The molecule has 3 aromatic carbocycles. The highest BCUT2D eigenvalue weighted by Gasteiger charge is 2.29. The van der Waals surface area contributed by atoms with E-state index in [1.54, 1.807) is 18.2 Å². The lowest BCUT2D eigenvalue weighted by Gasteiger charge is -2.22. The summed E-state index contributed by atoms with van der Waals surface area (Å²) in [6.45, 7) is 4.56. The first kappa shape index (κ1) is 18.9. The minimum absolute atomic E-state index is 0.00565. The normalized spacial score (nSPS) is 12.2. The lowest BCUT2D eigenvalue weighted by molar-refractivity contribution is 0.101. The molecule has 3 aromatic rings. The molecule has 4 heteroatoms. The molecule has 146 valence electrons. The van der Waals surface area contributed by atoms with Gasteiger partial charge in [0.2, 0.25) is 0 Å². The van der Waals surface area contributed by atoms with Gasteiger partial charge in [-0.05, 0) is 39.9 Å². The number of nitrogens with zero attached hydrogens (tertiary/aromatic N) is 1. The van der Waals surface area contributed by atoms with Crippen molar-refractivity contribution in [1.82, 2.24) is 4.90 Å². The topological polar surface area (TPSA) is 29.5 Å². The summed E-state index contributed by atoms with van der Waals surface area (Å²) < 4.78 is 19.2. The zero-order chi connectivity index (χ0) is 20.2. The molecule has 0 aromatic heterocycles. The van der Waals surface area contributed by atoms with Crippen molar-refractivity contribution in [3.05, 3.63) is 108 Å². The third kappa shape index (κ3) is 3.92. The van der Waals surface area contributed by atoms with Crippen LogP contribution >= 0.6 is 0 Å². The van der Waals surface area contributed by atoms with E-state index in [0.29, 0.717) is 12.1 Å². The van der Waals surface area contributed by atoms with Crippen molar-refractivity contribution in [2.75, 3.05) is 13.2 Å². The Labute approximate surface area is 170 Å². The van der Waals surface area contributed by atoms with Gasteiger partial charge in [-0.15, -0.1) is 6.58 Å².